The SMILES string of the molecule is CC(=CC(=O)Nc1c(C)nn(C(C)C)c1C)CCc1ccccc1. The highest BCUT2D eigenvalue weighted by molar-refractivity contribution is 6.00. The van der Waals surface area contributed by atoms with Gasteiger partial charge in [-0.25, -0.2) is 0 Å². The van der Waals surface area contributed by atoms with Gasteiger partial charge in [0.25, 0.3) is 0 Å². The third-order valence-electron chi connectivity index (χ3n) is 4.09. The van der Waals surface area contributed by atoms with E-state index in [1.165, 1.54) is 5.56 Å². The van der Waals surface area contributed by atoms with Gasteiger partial charge in [-0.1, -0.05) is 35.9 Å². The lowest BCUT2D eigenvalue weighted by Crippen LogP contribution is -2.11. The second kappa shape index (κ2) is 7.95. The summed E-state index contributed by atoms with van der Waals surface area (Å²) in [7, 11) is 0. The van der Waals surface area contributed by atoms with Gasteiger partial charge in [0.15, 0.2) is 0 Å². The summed E-state index contributed by atoms with van der Waals surface area (Å²) in [5, 5.41) is 7.48. The van der Waals surface area contributed by atoms with Crippen LogP contribution in [0.1, 0.15) is 50.2 Å². The van der Waals surface area contributed by atoms with E-state index < -0.39 is 0 Å². The van der Waals surface area contributed by atoms with Crippen molar-refractivity contribution in [1.29, 1.82) is 0 Å². The van der Waals surface area contributed by atoms with E-state index in [0.29, 0.717) is 0 Å². The molecule has 1 aromatic heterocycles. The summed E-state index contributed by atoms with van der Waals surface area (Å²) < 4.78 is 1.94. The van der Waals surface area contributed by atoms with Crippen LogP contribution in [0.25, 0.3) is 0 Å². The maximum Gasteiger partial charge on any atom is 0.248 e. The first-order chi connectivity index (χ1) is 11.4. The van der Waals surface area contributed by atoms with Gasteiger partial charge in [-0.15, -0.1) is 0 Å². The number of rotatable bonds is 6. The van der Waals surface area contributed by atoms with Crippen LogP contribution in [0.2, 0.25) is 0 Å². The van der Waals surface area contributed by atoms with E-state index in [1.54, 1.807) is 6.08 Å². The van der Waals surface area contributed by atoms with Crippen LogP contribution < -0.4 is 5.32 Å². The Morgan fingerprint density at radius 2 is 1.92 bits per heavy atom. The molecule has 0 aliphatic carbocycles. The van der Waals surface area contributed by atoms with Crippen LogP contribution in [0.4, 0.5) is 5.69 Å². The number of aryl methyl sites for hydroxylation is 2. The molecule has 0 saturated carbocycles. The highest BCUT2D eigenvalue weighted by atomic mass is 16.1. The van der Waals surface area contributed by atoms with Crippen molar-refractivity contribution in [3.05, 3.63) is 58.9 Å². The van der Waals surface area contributed by atoms with E-state index in [-0.39, 0.29) is 11.9 Å². The van der Waals surface area contributed by atoms with Crippen molar-refractivity contribution in [2.75, 3.05) is 5.32 Å². The minimum Gasteiger partial charge on any atom is -0.319 e. The minimum absolute atomic E-state index is 0.0879. The third-order valence-corrected chi connectivity index (χ3v) is 4.09. The zero-order valence-electron chi connectivity index (χ0n) is 15.3. The van der Waals surface area contributed by atoms with E-state index >= 15 is 0 Å². The Hall–Kier alpha value is -2.36. The summed E-state index contributed by atoms with van der Waals surface area (Å²) in [6.45, 7) is 10.1. The van der Waals surface area contributed by atoms with Gasteiger partial charge in [0.1, 0.15) is 0 Å². The topological polar surface area (TPSA) is 46.9 Å². The number of carbonyl (C=O) groups is 1. The number of hydrogen-bond donors (Lipinski definition) is 1. The number of nitrogens with zero attached hydrogens (tertiary/aromatic N) is 2. The van der Waals surface area contributed by atoms with Crippen molar-refractivity contribution >= 4 is 11.6 Å². The van der Waals surface area contributed by atoms with E-state index in [9.17, 15) is 4.79 Å². The van der Waals surface area contributed by atoms with Gasteiger partial charge < -0.3 is 5.32 Å². The smallest absolute Gasteiger partial charge is 0.248 e. The first-order valence-electron chi connectivity index (χ1n) is 8.46. The fraction of sp³-hybridized carbons (Fsp3) is 0.400. The molecule has 0 aliphatic heterocycles. The Bertz CT molecular complexity index is 727. The Kier molecular flexibility index (Phi) is 5.96. The molecule has 4 nitrogen and oxygen atoms in total. The molecule has 24 heavy (non-hydrogen) atoms. The quantitative estimate of drug-likeness (QED) is 0.789. The number of amides is 1. The van der Waals surface area contributed by atoms with Gasteiger partial charge in [-0.2, -0.15) is 5.10 Å². The Balaban J connectivity index is 1.99. The minimum atomic E-state index is -0.0879. The van der Waals surface area contributed by atoms with Crippen molar-refractivity contribution in [2.45, 2.75) is 53.5 Å². The molecule has 0 bridgehead atoms. The molecule has 0 spiro atoms. The van der Waals surface area contributed by atoms with Crippen LogP contribution in [0, 0.1) is 13.8 Å². The van der Waals surface area contributed by atoms with Crippen LogP contribution in [0.5, 0.6) is 0 Å². The van der Waals surface area contributed by atoms with Crippen LogP contribution in [0.15, 0.2) is 42.0 Å². The molecule has 0 unspecified atom stereocenters. The molecule has 0 saturated heterocycles. The zero-order valence-corrected chi connectivity index (χ0v) is 15.3. The maximum atomic E-state index is 12.3. The van der Waals surface area contributed by atoms with Gasteiger partial charge in [0, 0.05) is 12.1 Å². The predicted octanol–water partition coefficient (Wildman–Crippen LogP) is 4.60. The summed E-state index contributed by atoms with van der Waals surface area (Å²) in [5.74, 6) is -0.0879. The molecule has 1 heterocycles. The van der Waals surface area contributed by atoms with Gasteiger partial charge in [-0.3, -0.25) is 9.48 Å². The van der Waals surface area contributed by atoms with Crippen molar-refractivity contribution in [3.63, 3.8) is 0 Å². The van der Waals surface area contributed by atoms with Gasteiger partial charge in [0.2, 0.25) is 5.91 Å². The summed E-state index contributed by atoms with van der Waals surface area (Å²) in [6, 6.07) is 10.6. The summed E-state index contributed by atoms with van der Waals surface area (Å²) in [5.41, 5.74) is 5.02. The first-order valence-corrected chi connectivity index (χ1v) is 8.46. The van der Waals surface area contributed by atoms with Crippen molar-refractivity contribution in [1.82, 2.24) is 9.78 Å². The van der Waals surface area contributed by atoms with E-state index in [1.807, 2.05) is 43.7 Å². The first kappa shape index (κ1) is 18.0. The summed E-state index contributed by atoms with van der Waals surface area (Å²) in [6.07, 6.45) is 3.51. The zero-order chi connectivity index (χ0) is 17.7. The van der Waals surface area contributed by atoms with E-state index in [0.717, 1.165) is 35.5 Å². The fourth-order valence-corrected chi connectivity index (χ4v) is 2.79. The monoisotopic (exact) mass is 325 g/mol. The summed E-state index contributed by atoms with van der Waals surface area (Å²) >= 11 is 0. The molecule has 2 aromatic rings. The van der Waals surface area contributed by atoms with E-state index in [4.69, 9.17) is 0 Å². The molecule has 128 valence electrons. The molecular weight excluding hydrogens is 298 g/mol. The van der Waals surface area contributed by atoms with Gasteiger partial charge >= 0.3 is 0 Å². The molecule has 0 radical (unpaired) electrons. The number of benzene rings is 1. The highest BCUT2D eigenvalue weighted by Gasteiger charge is 2.14. The van der Waals surface area contributed by atoms with Crippen LogP contribution >= 0.6 is 0 Å². The Morgan fingerprint density at radius 1 is 1.25 bits per heavy atom. The lowest BCUT2D eigenvalue weighted by molar-refractivity contribution is -0.112. The van der Waals surface area contributed by atoms with Crippen molar-refractivity contribution in [3.8, 4) is 0 Å². The predicted molar refractivity (Wildman–Crippen MR) is 99.2 cm³/mol. The number of hydrogen-bond acceptors (Lipinski definition) is 2. The maximum absolute atomic E-state index is 12.3. The van der Waals surface area contributed by atoms with Crippen molar-refractivity contribution in [2.24, 2.45) is 0 Å². The molecule has 4 heteroatoms. The standard InChI is InChI=1S/C20H27N3O/c1-14(2)23-17(5)20(16(4)22-23)21-19(24)13-15(3)11-12-18-9-7-6-8-10-18/h6-10,13-14H,11-12H2,1-5H3,(H,21,24). The molecule has 1 amide bonds. The number of anilines is 1. The number of aromatic nitrogens is 2. The number of allylic oxidation sites excluding steroid dienone is 1. The van der Waals surface area contributed by atoms with Gasteiger partial charge in [0.05, 0.1) is 17.1 Å². The van der Waals surface area contributed by atoms with Crippen molar-refractivity contribution < 1.29 is 4.79 Å². The third kappa shape index (κ3) is 4.57. The molecule has 1 N–H and O–H groups in total. The summed E-state index contributed by atoms with van der Waals surface area (Å²) in [4.78, 5) is 12.3. The molecule has 0 atom stereocenters. The normalized spacial score (nSPS) is 11.8. The van der Waals surface area contributed by atoms with Gasteiger partial charge in [-0.05, 0) is 53.0 Å². The largest absolute Gasteiger partial charge is 0.319 e. The average molecular weight is 325 g/mol. The fourth-order valence-electron chi connectivity index (χ4n) is 2.79. The number of nitrogens with one attached hydrogen (secondary N) is 1. The highest BCUT2D eigenvalue weighted by Crippen LogP contribution is 2.22. The Morgan fingerprint density at radius 3 is 2.50 bits per heavy atom. The molecule has 2 rings (SSSR count). The second-order valence-electron chi connectivity index (χ2n) is 6.55. The lowest BCUT2D eigenvalue weighted by atomic mass is 10.1. The molecule has 0 aliphatic rings. The molecule has 0 fully saturated rings. The van der Waals surface area contributed by atoms with E-state index in [2.05, 4.69) is 36.4 Å². The van der Waals surface area contributed by atoms with Crippen LogP contribution in [-0.2, 0) is 11.2 Å². The Labute approximate surface area is 144 Å². The number of carbonyl (C=O) groups excluding carboxylic acids is 1. The van der Waals surface area contributed by atoms with Crippen LogP contribution in [0.3, 0.4) is 0 Å². The molecular formula is C20H27N3O. The molecule has 1 aromatic carbocycles. The lowest BCUT2D eigenvalue weighted by Gasteiger charge is -2.09. The average Bonchev–Trinajstić information content (AvgIpc) is 2.82. The van der Waals surface area contributed by atoms with Crippen LogP contribution in [-0.4, -0.2) is 15.7 Å². The second-order valence-corrected chi connectivity index (χ2v) is 6.55.